The number of nitrogens with two attached hydrogens (primary N) is 3. The Morgan fingerprint density at radius 2 is 1.81 bits per heavy atom. The molecule has 0 saturated heterocycles. The number of fused-ring (bicyclic) bond motifs is 1. The predicted molar refractivity (Wildman–Crippen MR) is 108 cm³/mol. The molecule has 8 nitrogen and oxygen atoms in total. The number of nitrogens with zero attached hydrogens (tertiary/aromatic N) is 4. The third-order valence-electron chi connectivity index (χ3n) is 4.29. The van der Waals surface area contributed by atoms with Crippen LogP contribution >= 0.6 is 0 Å². The zero-order valence-electron chi connectivity index (χ0n) is 15.5. The largest absolute Gasteiger partial charge is 0.370 e. The summed E-state index contributed by atoms with van der Waals surface area (Å²) in [6.45, 7) is 3.44. The van der Waals surface area contributed by atoms with Crippen LogP contribution in [0.4, 0.5) is 0 Å². The summed E-state index contributed by atoms with van der Waals surface area (Å²) in [5, 5.41) is 9.68. The fourth-order valence-corrected chi connectivity index (χ4v) is 2.93. The molecular weight excluding hydrogens is 328 g/mol. The molecule has 0 aliphatic rings. The second-order valence-corrected chi connectivity index (χ2v) is 6.52. The summed E-state index contributed by atoms with van der Waals surface area (Å²) >= 11 is 0. The Morgan fingerprint density at radius 3 is 2.50 bits per heavy atom. The van der Waals surface area contributed by atoms with Gasteiger partial charge in [0.1, 0.15) is 6.33 Å². The second-order valence-electron chi connectivity index (χ2n) is 6.52. The number of benzene rings is 1. The van der Waals surface area contributed by atoms with Gasteiger partial charge in [0.25, 0.3) is 0 Å². The molecule has 1 aromatic heterocycles. The molecule has 0 bridgehead atoms. The maximum absolute atomic E-state index is 7.91. The summed E-state index contributed by atoms with van der Waals surface area (Å²) in [6.07, 6.45) is 8.24. The highest BCUT2D eigenvalue weighted by Crippen LogP contribution is 2.15. The van der Waals surface area contributed by atoms with E-state index >= 15 is 0 Å². The smallest absolute Gasteiger partial charge is 0.208 e. The van der Waals surface area contributed by atoms with Crippen LogP contribution in [-0.2, 0) is 0 Å². The highest BCUT2D eigenvalue weighted by molar-refractivity contribution is 5.87. The Bertz CT molecular complexity index is 745. The minimum atomic E-state index is 0.0306. The van der Waals surface area contributed by atoms with E-state index < -0.39 is 0 Å². The van der Waals surface area contributed by atoms with Gasteiger partial charge in [0, 0.05) is 13.1 Å². The first-order chi connectivity index (χ1) is 12.5. The molecule has 26 heavy (non-hydrogen) atoms. The number of aromatic nitrogens is 2. The lowest BCUT2D eigenvalue weighted by atomic mass is 10.1. The number of aryl methyl sites for hydroxylation is 1. The molecule has 0 saturated carbocycles. The molecule has 7 N–H and O–H groups in total. The van der Waals surface area contributed by atoms with Crippen LogP contribution in [-0.4, -0.2) is 34.7 Å². The lowest BCUT2D eigenvalue weighted by molar-refractivity contribution is 0.581. The average Bonchev–Trinajstić information content (AvgIpc) is 2.98. The molecule has 0 atom stereocenters. The molecule has 0 spiro atoms. The van der Waals surface area contributed by atoms with Gasteiger partial charge in [0.2, 0.25) is 5.96 Å². The van der Waals surface area contributed by atoms with Gasteiger partial charge in [-0.05, 0) is 37.5 Å². The first-order valence-corrected chi connectivity index (χ1v) is 9.10. The summed E-state index contributed by atoms with van der Waals surface area (Å²) in [5.41, 5.74) is 19.4. The van der Waals surface area contributed by atoms with Gasteiger partial charge >= 0.3 is 0 Å². The fourth-order valence-electron chi connectivity index (χ4n) is 2.93. The van der Waals surface area contributed by atoms with Gasteiger partial charge in [-0.15, -0.1) is 0 Å². The molecule has 0 aliphatic heterocycles. The van der Waals surface area contributed by atoms with Crippen LogP contribution in [0.3, 0.4) is 0 Å². The third-order valence-corrected chi connectivity index (χ3v) is 4.29. The summed E-state index contributed by atoms with van der Waals surface area (Å²) in [6, 6.07) is 6.08. The van der Waals surface area contributed by atoms with Gasteiger partial charge in [-0.2, -0.15) is 0 Å². The van der Waals surface area contributed by atoms with Crippen molar-refractivity contribution in [2.24, 2.45) is 22.2 Å². The fraction of sp³-hybridized carbons (Fsp3) is 0.500. The topological polar surface area (TPSA) is 135 Å². The zero-order chi connectivity index (χ0) is 18.9. The summed E-state index contributed by atoms with van der Waals surface area (Å²) in [7, 11) is 0. The van der Waals surface area contributed by atoms with Crippen molar-refractivity contribution < 1.29 is 0 Å². The van der Waals surface area contributed by atoms with Gasteiger partial charge < -0.3 is 17.2 Å². The van der Waals surface area contributed by atoms with E-state index in [1.807, 2.05) is 23.7 Å². The second kappa shape index (κ2) is 9.65. The molecule has 0 fully saturated rings. The van der Waals surface area contributed by atoms with E-state index in [9.17, 15) is 0 Å². The number of nitrogens with one attached hydrogen (secondary N) is 1. The molecule has 0 amide bonds. The van der Waals surface area contributed by atoms with Crippen molar-refractivity contribution in [1.29, 1.82) is 5.41 Å². The quantitative estimate of drug-likeness (QED) is 0.292. The van der Waals surface area contributed by atoms with E-state index in [-0.39, 0.29) is 11.9 Å². The van der Waals surface area contributed by atoms with Crippen LogP contribution in [0, 0.1) is 12.3 Å². The van der Waals surface area contributed by atoms with E-state index in [2.05, 4.69) is 16.0 Å². The van der Waals surface area contributed by atoms with E-state index in [4.69, 9.17) is 22.6 Å². The molecule has 0 radical (unpaired) electrons. The number of hydrogen-bond donors (Lipinski definition) is 4. The van der Waals surface area contributed by atoms with Crippen LogP contribution in [0.25, 0.3) is 11.0 Å². The first-order valence-electron chi connectivity index (χ1n) is 9.10. The number of rotatable bonds is 10. The Morgan fingerprint density at radius 1 is 1.12 bits per heavy atom. The van der Waals surface area contributed by atoms with Gasteiger partial charge in [0.05, 0.1) is 11.0 Å². The number of aliphatic imine (C=N–C) groups is 1. The average molecular weight is 358 g/mol. The van der Waals surface area contributed by atoms with Crippen molar-refractivity contribution in [3.8, 4) is 0 Å². The van der Waals surface area contributed by atoms with Crippen LogP contribution in [0.1, 0.15) is 44.1 Å². The van der Waals surface area contributed by atoms with Crippen molar-refractivity contribution in [1.82, 2.24) is 9.66 Å². The van der Waals surface area contributed by atoms with Crippen molar-refractivity contribution in [2.45, 2.75) is 45.4 Å². The molecule has 2 aromatic rings. The molecule has 0 aliphatic carbocycles. The molecule has 142 valence electrons. The highest BCUT2D eigenvalue weighted by atomic mass is 15.6. The minimum Gasteiger partial charge on any atom is -0.370 e. The van der Waals surface area contributed by atoms with Crippen molar-refractivity contribution >= 4 is 23.0 Å². The summed E-state index contributed by atoms with van der Waals surface area (Å²) in [4.78, 5) is 8.38. The van der Waals surface area contributed by atoms with E-state index in [0.717, 1.165) is 55.1 Å². The normalized spacial score (nSPS) is 10.8. The van der Waals surface area contributed by atoms with Crippen molar-refractivity contribution in [3.05, 3.63) is 30.1 Å². The van der Waals surface area contributed by atoms with Crippen molar-refractivity contribution in [2.75, 3.05) is 18.1 Å². The van der Waals surface area contributed by atoms with Gasteiger partial charge in [0.15, 0.2) is 5.96 Å². The number of imidazole rings is 1. The monoisotopic (exact) mass is 358 g/mol. The molecule has 1 aromatic carbocycles. The number of hydrogen-bond acceptors (Lipinski definition) is 3. The van der Waals surface area contributed by atoms with Crippen LogP contribution in [0.2, 0.25) is 0 Å². The summed E-state index contributed by atoms with van der Waals surface area (Å²) < 4.78 is 1.87. The standard InChI is InChI=1S/C18H30N8/c1-14-8-9-15-16(12-14)26(13-24-15)25(18(21)22)11-7-5-3-2-4-6-10-23-17(19)20/h8-9,12-13H,2-7,10-11H2,1H3,(H3,21,22)(H4,19,20,23). The number of guanidine groups is 2. The van der Waals surface area contributed by atoms with Gasteiger partial charge in [-0.25, -0.2) is 14.7 Å². The SMILES string of the molecule is Cc1ccc2ncn(N(CCCCCCCCN=C(N)N)C(=N)N)c2c1. The van der Waals surface area contributed by atoms with Crippen LogP contribution in [0.5, 0.6) is 0 Å². The van der Waals surface area contributed by atoms with Crippen molar-refractivity contribution in [3.63, 3.8) is 0 Å². The lowest BCUT2D eigenvalue weighted by Gasteiger charge is -2.24. The molecule has 0 unspecified atom stereocenters. The first kappa shape index (κ1) is 19.6. The predicted octanol–water partition coefficient (Wildman–Crippen LogP) is 1.79. The third kappa shape index (κ3) is 5.65. The number of unbranched alkanes of at least 4 members (excludes halogenated alkanes) is 5. The highest BCUT2D eigenvalue weighted by Gasteiger charge is 2.12. The Kier molecular flexibility index (Phi) is 7.25. The Hall–Kier alpha value is -2.77. The molecule has 1 heterocycles. The van der Waals surface area contributed by atoms with Crippen LogP contribution < -0.4 is 22.2 Å². The van der Waals surface area contributed by atoms with Crippen LogP contribution in [0.15, 0.2) is 29.5 Å². The Labute approximate surface area is 154 Å². The molecule has 2 rings (SSSR count). The maximum Gasteiger partial charge on any atom is 0.208 e. The Balaban J connectivity index is 1.79. The zero-order valence-corrected chi connectivity index (χ0v) is 15.5. The minimum absolute atomic E-state index is 0.0306. The lowest BCUT2D eigenvalue weighted by Crippen LogP contribution is -2.44. The summed E-state index contributed by atoms with van der Waals surface area (Å²) in [5.74, 6) is 0.194. The maximum atomic E-state index is 7.91. The van der Waals surface area contributed by atoms with E-state index in [1.54, 1.807) is 11.3 Å². The van der Waals surface area contributed by atoms with E-state index in [1.165, 1.54) is 0 Å². The molecule has 8 heteroatoms. The van der Waals surface area contributed by atoms with Gasteiger partial charge in [-0.1, -0.05) is 31.7 Å². The van der Waals surface area contributed by atoms with Gasteiger partial charge in [-0.3, -0.25) is 10.4 Å². The van der Waals surface area contributed by atoms with E-state index in [0.29, 0.717) is 13.1 Å². The molecular formula is C18H30N8.